The van der Waals surface area contributed by atoms with Gasteiger partial charge in [-0.25, -0.2) is 0 Å². The first-order valence-electron chi connectivity index (χ1n) is 10.0. The van der Waals surface area contributed by atoms with Crippen molar-refractivity contribution >= 4 is 17.7 Å². The number of aromatic nitrogens is 3. The summed E-state index contributed by atoms with van der Waals surface area (Å²) in [5, 5.41) is 12.9. The third-order valence-corrected chi connectivity index (χ3v) is 6.60. The van der Waals surface area contributed by atoms with E-state index in [1.807, 2.05) is 6.07 Å². The fourth-order valence-corrected chi connectivity index (χ4v) is 5.25. The topological polar surface area (TPSA) is 59.8 Å². The number of amides is 1. The van der Waals surface area contributed by atoms with E-state index in [0.29, 0.717) is 11.8 Å². The summed E-state index contributed by atoms with van der Waals surface area (Å²) in [4.78, 5) is 12.5. The van der Waals surface area contributed by atoms with E-state index >= 15 is 0 Å². The van der Waals surface area contributed by atoms with Gasteiger partial charge in [-0.3, -0.25) is 9.36 Å². The zero-order valence-corrected chi connectivity index (χ0v) is 17.0. The maximum atomic E-state index is 12.5. The Hall–Kier alpha value is -1.82. The van der Waals surface area contributed by atoms with E-state index in [-0.39, 0.29) is 11.4 Å². The van der Waals surface area contributed by atoms with Crippen LogP contribution in [0.25, 0.3) is 11.4 Å². The second-order valence-corrected chi connectivity index (χ2v) is 9.28. The largest absolute Gasteiger partial charge is 0.353 e. The highest BCUT2D eigenvalue weighted by atomic mass is 32.2. The lowest BCUT2D eigenvalue weighted by atomic mass is 9.87. The monoisotopic (exact) mass is 384 g/mol. The molecule has 1 aromatic carbocycles. The van der Waals surface area contributed by atoms with Crippen molar-refractivity contribution in [3.8, 4) is 11.4 Å². The number of nitrogens with one attached hydrogen (secondary N) is 1. The van der Waals surface area contributed by atoms with Gasteiger partial charge in [0.2, 0.25) is 5.91 Å². The normalized spacial score (nSPS) is 19.0. The standard InChI is InChI=1S/C21H28N4OS/c1-21(2)13-15-9-7-8-12-17(15)19-23-24-20(25(19)21)27-14-18(26)22-16-10-5-3-4-6-11-16/h7-9,12,16H,3-6,10-11,13-14H2,1-2H3,(H,22,26). The summed E-state index contributed by atoms with van der Waals surface area (Å²) in [6.07, 6.45) is 8.21. The van der Waals surface area contributed by atoms with Crippen LogP contribution in [0.1, 0.15) is 57.9 Å². The number of carbonyl (C=O) groups excluding carboxylic acids is 1. The van der Waals surface area contributed by atoms with Gasteiger partial charge in [-0.15, -0.1) is 10.2 Å². The van der Waals surface area contributed by atoms with Crippen molar-refractivity contribution in [1.82, 2.24) is 20.1 Å². The Bertz CT molecular complexity index is 821. The summed E-state index contributed by atoms with van der Waals surface area (Å²) >= 11 is 1.50. The van der Waals surface area contributed by atoms with Crippen molar-refractivity contribution in [2.24, 2.45) is 0 Å². The van der Waals surface area contributed by atoms with E-state index in [4.69, 9.17) is 0 Å². The highest BCUT2D eigenvalue weighted by Crippen LogP contribution is 2.39. The molecule has 4 rings (SSSR count). The minimum Gasteiger partial charge on any atom is -0.353 e. The first-order chi connectivity index (χ1) is 13.0. The van der Waals surface area contributed by atoms with Crippen LogP contribution >= 0.6 is 11.8 Å². The van der Waals surface area contributed by atoms with Gasteiger partial charge in [0.1, 0.15) is 0 Å². The van der Waals surface area contributed by atoms with E-state index in [1.165, 1.54) is 43.0 Å². The molecule has 0 unspecified atom stereocenters. The molecule has 0 radical (unpaired) electrons. The molecule has 1 aromatic heterocycles. The number of hydrogen-bond acceptors (Lipinski definition) is 4. The molecule has 0 saturated heterocycles. The Morgan fingerprint density at radius 1 is 1.19 bits per heavy atom. The second kappa shape index (κ2) is 7.66. The molecule has 1 fully saturated rings. The molecule has 2 aromatic rings. The molecule has 0 atom stereocenters. The van der Waals surface area contributed by atoms with Gasteiger partial charge in [0.05, 0.1) is 5.75 Å². The average Bonchev–Trinajstić information content (AvgIpc) is 2.92. The van der Waals surface area contributed by atoms with Gasteiger partial charge >= 0.3 is 0 Å². The van der Waals surface area contributed by atoms with Crippen LogP contribution < -0.4 is 5.32 Å². The number of hydrogen-bond donors (Lipinski definition) is 1. The molecule has 1 N–H and O–H groups in total. The molecule has 0 spiro atoms. The summed E-state index contributed by atoms with van der Waals surface area (Å²) < 4.78 is 2.21. The first kappa shape index (κ1) is 18.5. The van der Waals surface area contributed by atoms with Crippen molar-refractivity contribution in [3.05, 3.63) is 29.8 Å². The number of fused-ring (bicyclic) bond motifs is 3. The van der Waals surface area contributed by atoms with Gasteiger partial charge in [-0.2, -0.15) is 0 Å². The Balaban J connectivity index is 1.47. The molecule has 1 aliphatic heterocycles. The molecule has 1 saturated carbocycles. The predicted octanol–water partition coefficient (Wildman–Crippen LogP) is 4.17. The maximum Gasteiger partial charge on any atom is 0.230 e. The molecule has 1 amide bonds. The second-order valence-electron chi connectivity index (χ2n) is 8.33. The Morgan fingerprint density at radius 3 is 2.70 bits per heavy atom. The maximum absolute atomic E-state index is 12.5. The highest BCUT2D eigenvalue weighted by molar-refractivity contribution is 7.99. The number of carbonyl (C=O) groups is 1. The molecule has 6 heteroatoms. The van der Waals surface area contributed by atoms with Crippen LogP contribution in [0.4, 0.5) is 0 Å². The van der Waals surface area contributed by atoms with Crippen molar-refractivity contribution in [2.75, 3.05) is 5.75 Å². The van der Waals surface area contributed by atoms with Crippen LogP contribution in [-0.4, -0.2) is 32.5 Å². The van der Waals surface area contributed by atoms with Crippen molar-refractivity contribution < 1.29 is 4.79 Å². The van der Waals surface area contributed by atoms with Crippen LogP contribution in [0, 0.1) is 0 Å². The minimum atomic E-state index is -0.104. The summed E-state index contributed by atoms with van der Waals surface area (Å²) in [5.41, 5.74) is 2.36. The van der Waals surface area contributed by atoms with E-state index in [0.717, 1.165) is 35.8 Å². The molecule has 2 aliphatic rings. The van der Waals surface area contributed by atoms with E-state index in [1.54, 1.807) is 0 Å². The van der Waals surface area contributed by atoms with Crippen LogP contribution in [0.2, 0.25) is 0 Å². The van der Waals surface area contributed by atoms with Gasteiger partial charge in [0.15, 0.2) is 11.0 Å². The highest BCUT2D eigenvalue weighted by Gasteiger charge is 2.34. The molecule has 5 nitrogen and oxygen atoms in total. The minimum absolute atomic E-state index is 0.104. The van der Waals surface area contributed by atoms with Gasteiger partial charge in [0.25, 0.3) is 0 Å². The summed E-state index contributed by atoms with van der Waals surface area (Å²) in [7, 11) is 0. The van der Waals surface area contributed by atoms with E-state index in [9.17, 15) is 4.79 Å². The van der Waals surface area contributed by atoms with Gasteiger partial charge in [0, 0.05) is 17.1 Å². The molecule has 1 aliphatic carbocycles. The Labute approximate surface area is 165 Å². The molecule has 0 bridgehead atoms. The van der Waals surface area contributed by atoms with Crippen molar-refractivity contribution in [3.63, 3.8) is 0 Å². The smallest absolute Gasteiger partial charge is 0.230 e. The zero-order chi connectivity index (χ0) is 18.9. The third kappa shape index (κ3) is 3.91. The number of benzene rings is 1. The fourth-order valence-electron chi connectivity index (χ4n) is 4.34. The van der Waals surface area contributed by atoms with Crippen LogP contribution in [-0.2, 0) is 16.8 Å². The Morgan fingerprint density at radius 2 is 1.93 bits per heavy atom. The fraction of sp³-hybridized carbons (Fsp3) is 0.571. The summed E-state index contributed by atoms with van der Waals surface area (Å²) in [6, 6.07) is 8.74. The SMILES string of the molecule is CC1(C)Cc2ccccc2-c2nnc(SCC(=O)NC3CCCCCC3)n21. The van der Waals surface area contributed by atoms with Crippen LogP contribution in [0.3, 0.4) is 0 Å². The lowest BCUT2D eigenvalue weighted by molar-refractivity contribution is -0.119. The molecular weight excluding hydrogens is 356 g/mol. The van der Waals surface area contributed by atoms with Crippen LogP contribution in [0.15, 0.2) is 29.4 Å². The van der Waals surface area contributed by atoms with Gasteiger partial charge in [-0.1, -0.05) is 61.7 Å². The van der Waals surface area contributed by atoms with E-state index in [2.05, 4.69) is 52.1 Å². The lowest BCUT2D eigenvalue weighted by Gasteiger charge is -2.34. The predicted molar refractivity (Wildman–Crippen MR) is 109 cm³/mol. The van der Waals surface area contributed by atoms with Gasteiger partial charge < -0.3 is 5.32 Å². The average molecular weight is 385 g/mol. The summed E-state index contributed by atoms with van der Waals surface area (Å²) in [6.45, 7) is 4.43. The van der Waals surface area contributed by atoms with Crippen molar-refractivity contribution in [1.29, 1.82) is 0 Å². The quantitative estimate of drug-likeness (QED) is 0.635. The molecule has 144 valence electrons. The van der Waals surface area contributed by atoms with Crippen molar-refractivity contribution in [2.45, 2.75) is 75.5 Å². The van der Waals surface area contributed by atoms with Crippen LogP contribution in [0.5, 0.6) is 0 Å². The first-order valence-corrected chi connectivity index (χ1v) is 11.0. The molecule has 27 heavy (non-hydrogen) atoms. The zero-order valence-electron chi connectivity index (χ0n) is 16.2. The third-order valence-electron chi connectivity index (χ3n) is 5.67. The summed E-state index contributed by atoms with van der Waals surface area (Å²) in [5.74, 6) is 1.42. The van der Waals surface area contributed by atoms with E-state index < -0.39 is 0 Å². The molecular formula is C21H28N4OS. The molecule has 2 heterocycles. The lowest BCUT2D eigenvalue weighted by Crippen LogP contribution is -2.36. The Kier molecular flexibility index (Phi) is 5.26. The van der Waals surface area contributed by atoms with Gasteiger partial charge in [-0.05, 0) is 38.7 Å². The number of thioether (sulfide) groups is 1. The number of rotatable bonds is 4. The number of nitrogens with zero attached hydrogens (tertiary/aromatic N) is 3.